The minimum absolute atomic E-state index is 0.0417. The van der Waals surface area contributed by atoms with Gasteiger partial charge in [0.05, 0.1) is 7.11 Å². The van der Waals surface area contributed by atoms with Gasteiger partial charge in [0.15, 0.2) is 0 Å². The normalized spacial score (nSPS) is 14.9. The Kier molecular flexibility index (Phi) is 5.49. The van der Waals surface area contributed by atoms with Crippen LogP contribution in [0.5, 0.6) is 0 Å². The second-order valence-electron chi connectivity index (χ2n) is 5.15. The first kappa shape index (κ1) is 23.9. The van der Waals surface area contributed by atoms with E-state index in [1.807, 2.05) is 0 Å². The van der Waals surface area contributed by atoms with E-state index in [9.17, 15) is 61.9 Å². The van der Waals surface area contributed by atoms with E-state index in [1.54, 1.807) is 0 Å². The highest BCUT2D eigenvalue weighted by Gasteiger charge is 2.90. The minimum Gasteiger partial charge on any atom is -0.452 e. The summed E-state index contributed by atoms with van der Waals surface area (Å²) in [4.78, 5) is 11.0. The molecule has 0 radical (unpaired) electrons. The van der Waals surface area contributed by atoms with Gasteiger partial charge in [0, 0.05) is 18.0 Å². The number of methoxy groups -OCH3 is 1. The maximum absolute atomic E-state index is 13.8. The average molecular weight is 443 g/mol. The summed E-state index contributed by atoms with van der Waals surface area (Å²) >= 11 is 0. The Hall–Kier alpha value is -2.16. The summed E-state index contributed by atoms with van der Waals surface area (Å²) in [6.45, 7) is 0. The van der Waals surface area contributed by atoms with E-state index >= 15 is 0 Å². The number of nitrogens with zero attached hydrogens (tertiary/aromatic N) is 1. The average Bonchev–Trinajstić information content (AvgIpc) is 3.02. The third-order valence-corrected chi connectivity index (χ3v) is 3.37. The van der Waals surface area contributed by atoms with Crippen molar-refractivity contribution >= 4 is 6.09 Å². The maximum Gasteiger partial charge on any atom is 0.460 e. The largest absolute Gasteiger partial charge is 0.460 e. The predicted octanol–water partition coefficient (Wildman–Crippen LogP) is 5.30. The fourth-order valence-electron chi connectivity index (χ4n) is 1.75. The zero-order chi connectivity index (χ0) is 22.6. The number of aromatic nitrogens is 1. The molecule has 1 rings (SSSR count). The Morgan fingerprint density at radius 1 is 0.786 bits per heavy atom. The molecule has 0 aliphatic heterocycles. The van der Waals surface area contributed by atoms with Crippen molar-refractivity contribution in [2.24, 2.45) is 0 Å². The molecule has 16 heteroatoms. The maximum atomic E-state index is 13.8. The molecule has 0 saturated heterocycles. The summed E-state index contributed by atoms with van der Waals surface area (Å²) in [7, 11) is 0.669. The van der Waals surface area contributed by atoms with Crippen LogP contribution in [0.4, 0.5) is 61.9 Å². The van der Waals surface area contributed by atoms with Crippen LogP contribution in [0.15, 0.2) is 18.5 Å². The molecule has 3 nitrogen and oxygen atoms in total. The van der Waals surface area contributed by atoms with Crippen LogP contribution < -0.4 is 0 Å². The summed E-state index contributed by atoms with van der Waals surface area (Å²) in [5.41, 5.74) is -2.27. The number of halogens is 13. The van der Waals surface area contributed by atoms with Crippen LogP contribution in [0.3, 0.4) is 0 Å². The quantitative estimate of drug-likeness (QED) is 0.579. The van der Waals surface area contributed by atoms with Crippen molar-refractivity contribution in [1.82, 2.24) is 4.57 Å². The molecule has 162 valence electrons. The first-order chi connectivity index (χ1) is 12.2. The van der Waals surface area contributed by atoms with E-state index < -0.39 is 47.4 Å². The number of hydrogen-bond acceptors (Lipinski definition) is 2. The lowest BCUT2D eigenvalue weighted by Crippen LogP contribution is -2.69. The van der Waals surface area contributed by atoms with Gasteiger partial charge in [0.2, 0.25) is 0 Å². The van der Waals surface area contributed by atoms with Crippen LogP contribution in [-0.2, 0) is 10.7 Å². The van der Waals surface area contributed by atoms with Crippen LogP contribution in [0, 0.1) is 0 Å². The first-order valence-corrected chi connectivity index (χ1v) is 6.42. The second-order valence-corrected chi connectivity index (χ2v) is 5.15. The lowest BCUT2D eigenvalue weighted by Gasteiger charge is -2.39. The van der Waals surface area contributed by atoms with E-state index in [0.29, 0.717) is 7.11 Å². The van der Waals surface area contributed by atoms with Crippen molar-refractivity contribution in [1.29, 1.82) is 0 Å². The molecule has 0 saturated carbocycles. The topological polar surface area (TPSA) is 31.2 Å². The molecule has 0 bridgehead atoms. The molecule has 0 aliphatic rings. The van der Waals surface area contributed by atoms with Crippen LogP contribution in [0.1, 0.15) is 5.56 Å². The smallest absolute Gasteiger partial charge is 0.452 e. The fourth-order valence-corrected chi connectivity index (χ4v) is 1.75. The number of alkyl halides is 13. The van der Waals surface area contributed by atoms with Gasteiger partial charge < -0.3 is 4.74 Å². The van der Waals surface area contributed by atoms with Gasteiger partial charge in [-0.05, 0) is 6.07 Å². The minimum atomic E-state index is -7.98. The van der Waals surface area contributed by atoms with Crippen molar-refractivity contribution < 1.29 is 66.6 Å². The van der Waals surface area contributed by atoms with E-state index in [4.69, 9.17) is 0 Å². The molecule has 1 aromatic rings. The molecule has 0 aliphatic carbocycles. The molecular formula is C12H6F13NO2. The van der Waals surface area contributed by atoms with Gasteiger partial charge in [0.1, 0.15) is 0 Å². The lowest BCUT2D eigenvalue weighted by molar-refractivity contribution is -0.441. The van der Waals surface area contributed by atoms with E-state index in [1.165, 1.54) is 0 Å². The number of hydrogen-bond donors (Lipinski definition) is 0. The Labute approximate surface area is 145 Å². The highest BCUT2D eigenvalue weighted by atomic mass is 19.4. The van der Waals surface area contributed by atoms with Gasteiger partial charge in [-0.15, -0.1) is 0 Å². The third kappa shape index (κ3) is 3.05. The van der Waals surface area contributed by atoms with E-state index in [0.717, 1.165) is 0 Å². The molecule has 1 heterocycles. The van der Waals surface area contributed by atoms with Crippen molar-refractivity contribution in [2.75, 3.05) is 7.11 Å². The molecule has 0 N–H and O–H groups in total. The van der Waals surface area contributed by atoms with Gasteiger partial charge in [-0.1, -0.05) is 0 Å². The molecule has 0 spiro atoms. The molecular weight excluding hydrogens is 437 g/mol. The van der Waals surface area contributed by atoms with Crippen molar-refractivity contribution in [3.63, 3.8) is 0 Å². The molecule has 1 aromatic heterocycles. The Morgan fingerprint density at radius 3 is 1.61 bits per heavy atom. The molecule has 0 atom stereocenters. The van der Waals surface area contributed by atoms with Crippen LogP contribution in [0.25, 0.3) is 0 Å². The van der Waals surface area contributed by atoms with Gasteiger partial charge in [-0.2, -0.15) is 57.1 Å². The van der Waals surface area contributed by atoms with Gasteiger partial charge in [-0.25, -0.2) is 4.79 Å². The van der Waals surface area contributed by atoms with Crippen LogP contribution in [0.2, 0.25) is 0 Å². The zero-order valence-electron chi connectivity index (χ0n) is 12.9. The number of carbonyl (C=O) groups excluding carboxylic acids is 1. The molecule has 0 unspecified atom stereocenters. The van der Waals surface area contributed by atoms with E-state index in [2.05, 4.69) is 4.74 Å². The molecule has 0 aromatic carbocycles. The van der Waals surface area contributed by atoms with Crippen molar-refractivity contribution in [3.05, 3.63) is 24.0 Å². The van der Waals surface area contributed by atoms with Crippen LogP contribution >= 0.6 is 0 Å². The van der Waals surface area contributed by atoms with Crippen molar-refractivity contribution in [3.8, 4) is 0 Å². The number of carbonyl (C=O) groups is 1. The monoisotopic (exact) mass is 443 g/mol. The molecule has 28 heavy (non-hydrogen) atoms. The van der Waals surface area contributed by atoms with Crippen LogP contribution in [-0.4, -0.2) is 47.6 Å². The molecule has 0 fully saturated rings. The standard InChI is InChI=1S/C12H6F13NO2/c1-28-6(27)26-3-2-5(4-26)7(13,14)8(15,16)9(17,18)10(19,20)11(21,22)12(23,24)25/h2-4H,1H3. The zero-order valence-corrected chi connectivity index (χ0v) is 12.9. The van der Waals surface area contributed by atoms with Gasteiger partial charge in [-0.3, -0.25) is 4.57 Å². The Morgan fingerprint density at radius 2 is 1.21 bits per heavy atom. The highest BCUT2D eigenvalue weighted by Crippen LogP contribution is 2.62. The summed E-state index contributed by atoms with van der Waals surface area (Å²) in [5, 5.41) is 0. The third-order valence-electron chi connectivity index (χ3n) is 3.37. The second kappa shape index (κ2) is 6.43. The van der Waals surface area contributed by atoms with Gasteiger partial charge in [0.25, 0.3) is 0 Å². The molecule has 0 amide bonds. The summed E-state index contributed by atoms with van der Waals surface area (Å²) in [5.74, 6) is -37.5. The van der Waals surface area contributed by atoms with Crippen molar-refractivity contribution in [2.45, 2.75) is 35.8 Å². The fraction of sp³-hybridized carbons (Fsp3) is 0.583. The first-order valence-electron chi connectivity index (χ1n) is 6.42. The lowest BCUT2D eigenvalue weighted by atomic mass is 9.91. The summed E-state index contributed by atoms with van der Waals surface area (Å²) in [6, 6.07) is -0.166. The summed E-state index contributed by atoms with van der Waals surface area (Å²) in [6.07, 6.45) is -9.08. The predicted molar refractivity (Wildman–Crippen MR) is 62.0 cm³/mol. The van der Waals surface area contributed by atoms with Gasteiger partial charge >= 0.3 is 41.9 Å². The number of rotatable bonds is 5. The number of ether oxygens (including phenoxy) is 1. The SMILES string of the molecule is COC(=O)n1ccc(C(F)(F)C(F)(F)C(F)(F)C(F)(F)C(F)(F)C(F)(F)F)c1. The Balaban J connectivity index is 3.53. The summed E-state index contributed by atoms with van der Waals surface area (Å²) < 4.78 is 173. The highest BCUT2D eigenvalue weighted by molar-refractivity contribution is 5.70. The Bertz CT molecular complexity index is 734. The van der Waals surface area contributed by atoms with E-state index in [-0.39, 0.29) is 23.0 Å².